The van der Waals surface area contributed by atoms with Crippen LogP contribution in [-0.4, -0.2) is 33.2 Å². The Morgan fingerprint density at radius 1 is 1.25 bits per heavy atom. The Labute approximate surface area is 194 Å². The Morgan fingerprint density at radius 2 is 1.94 bits per heavy atom. The summed E-state index contributed by atoms with van der Waals surface area (Å²) in [5.74, 6) is -1.24. The Balaban J connectivity index is 1.96. The van der Waals surface area contributed by atoms with Crippen LogP contribution in [0.3, 0.4) is 0 Å². The maximum atomic E-state index is 13.3. The van der Waals surface area contributed by atoms with Crippen molar-refractivity contribution in [3.63, 3.8) is 0 Å². The molecule has 0 atom stereocenters. The molecule has 0 saturated carbocycles. The topological polar surface area (TPSA) is 77.3 Å². The summed E-state index contributed by atoms with van der Waals surface area (Å²) in [5.41, 5.74) is 2.48. The van der Waals surface area contributed by atoms with Gasteiger partial charge in [-0.25, -0.2) is 14.2 Å². The molecule has 1 amide bonds. The van der Waals surface area contributed by atoms with E-state index in [-0.39, 0.29) is 24.9 Å². The van der Waals surface area contributed by atoms with Crippen molar-refractivity contribution in [2.45, 2.75) is 27.3 Å². The van der Waals surface area contributed by atoms with Crippen LogP contribution in [0.5, 0.6) is 0 Å². The van der Waals surface area contributed by atoms with Crippen LogP contribution in [0, 0.1) is 19.7 Å². The number of anilines is 1. The number of hydrogen-bond acceptors (Lipinski definition) is 6. The second-order valence-corrected chi connectivity index (χ2v) is 8.26. The van der Waals surface area contributed by atoms with E-state index in [1.54, 1.807) is 46.0 Å². The van der Waals surface area contributed by atoms with Crippen LogP contribution in [0.4, 0.5) is 9.52 Å². The highest BCUT2D eigenvalue weighted by molar-refractivity contribution is 7.17. The van der Waals surface area contributed by atoms with E-state index in [9.17, 15) is 14.0 Å². The van der Waals surface area contributed by atoms with E-state index in [4.69, 9.17) is 16.3 Å². The molecule has 32 heavy (non-hydrogen) atoms. The predicted molar refractivity (Wildman–Crippen MR) is 122 cm³/mol. The van der Waals surface area contributed by atoms with Gasteiger partial charge in [-0.15, -0.1) is 0 Å². The maximum Gasteiger partial charge on any atom is 0.350 e. The fourth-order valence-electron chi connectivity index (χ4n) is 2.98. The number of carbonyl (C=O) groups excluding carboxylic acids is 2. The second kappa shape index (κ2) is 10.1. The molecule has 7 nitrogen and oxygen atoms in total. The molecule has 0 radical (unpaired) electrons. The van der Waals surface area contributed by atoms with Gasteiger partial charge in [-0.2, -0.15) is 5.10 Å². The highest BCUT2D eigenvalue weighted by Crippen LogP contribution is 2.29. The minimum atomic E-state index is -0.490. The fourth-order valence-corrected chi connectivity index (χ4v) is 4.18. The molecule has 2 aromatic heterocycles. The Hall–Kier alpha value is -3.04. The van der Waals surface area contributed by atoms with Gasteiger partial charge in [0.1, 0.15) is 15.8 Å². The molecule has 0 N–H and O–H groups in total. The summed E-state index contributed by atoms with van der Waals surface area (Å²) in [7, 11) is 1.71. The summed E-state index contributed by atoms with van der Waals surface area (Å²) >= 11 is 7.32. The first-order valence-electron chi connectivity index (χ1n) is 9.79. The van der Waals surface area contributed by atoms with Crippen LogP contribution in [0.2, 0.25) is 5.15 Å². The Kier molecular flexibility index (Phi) is 7.42. The van der Waals surface area contributed by atoms with E-state index in [1.807, 2.05) is 0 Å². The standard InChI is InChI=1S/C22H22ClFN4O3S/c1-5-31-21(30)19-14(3)25-22(32-19)28(12-15-6-8-16(24)9-7-15)18(29)11-10-17-13(2)26-27(4)20(17)23/h6-11H,5,12H2,1-4H3/b11-10+. The van der Waals surface area contributed by atoms with E-state index < -0.39 is 5.97 Å². The Morgan fingerprint density at radius 3 is 2.53 bits per heavy atom. The third-order valence-corrected chi connectivity index (χ3v) is 6.19. The summed E-state index contributed by atoms with van der Waals surface area (Å²) < 4.78 is 19.9. The number of benzene rings is 1. The quantitative estimate of drug-likeness (QED) is 0.364. The largest absolute Gasteiger partial charge is 0.462 e. The molecule has 3 rings (SSSR count). The molecule has 2 heterocycles. The molecule has 0 saturated heterocycles. The highest BCUT2D eigenvalue weighted by Gasteiger charge is 2.23. The number of nitrogens with zero attached hydrogens (tertiary/aromatic N) is 4. The van der Waals surface area contributed by atoms with Crippen LogP contribution in [0.1, 0.15) is 39.1 Å². The summed E-state index contributed by atoms with van der Waals surface area (Å²) in [6.45, 7) is 5.57. The molecule has 0 aliphatic rings. The van der Waals surface area contributed by atoms with Crippen molar-refractivity contribution in [3.05, 3.63) is 68.7 Å². The van der Waals surface area contributed by atoms with E-state index in [0.29, 0.717) is 37.7 Å². The third kappa shape index (κ3) is 5.23. The minimum absolute atomic E-state index is 0.137. The van der Waals surface area contributed by atoms with Crippen molar-refractivity contribution in [1.82, 2.24) is 14.8 Å². The molecule has 0 aliphatic carbocycles. The zero-order chi connectivity index (χ0) is 23.4. The van der Waals surface area contributed by atoms with Crippen molar-refractivity contribution in [1.29, 1.82) is 0 Å². The van der Waals surface area contributed by atoms with Gasteiger partial charge in [0, 0.05) is 18.7 Å². The number of carbonyl (C=O) groups is 2. The average molecular weight is 477 g/mol. The monoisotopic (exact) mass is 476 g/mol. The van der Waals surface area contributed by atoms with E-state index in [1.165, 1.54) is 27.8 Å². The molecule has 10 heteroatoms. The van der Waals surface area contributed by atoms with Gasteiger partial charge >= 0.3 is 5.97 Å². The van der Waals surface area contributed by atoms with Gasteiger partial charge in [0.05, 0.1) is 24.5 Å². The number of hydrogen-bond donors (Lipinski definition) is 0. The van der Waals surface area contributed by atoms with E-state index >= 15 is 0 Å². The molecule has 0 bridgehead atoms. The zero-order valence-corrected chi connectivity index (χ0v) is 19.6. The van der Waals surface area contributed by atoms with Crippen LogP contribution in [0.15, 0.2) is 30.3 Å². The SMILES string of the molecule is CCOC(=O)c1sc(N(Cc2ccc(F)cc2)C(=O)/C=C/c2c(C)nn(C)c2Cl)nc1C. The van der Waals surface area contributed by atoms with Gasteiger partial charge in [0.2, 0.25) is 0 Å². The zero-order valence-electron chi connectivity index (χ0n) is 18.1. The number of ether oxygens (including phenoxy) is 1. The lowest BCUT2D eigenvalue weighted by atomic mass is 10.2. The molecule has 3 aromatic rings. The smallest absolute Gasteiger partial charge is 0.350 e. The molecule has 1 aromatic carbocycles. The molecule has 0 fully saturated rings. The molecule has 0 aliphatic heterocycles. The van der Waals surface area contributed by atoms with Gasteiger partial charge in [0.15, 0.2) is 5.13 Å². The van der Waals surface area contributed by atoms with E-state index in [2.05, 4.69) is 10.1 Å². The first-order chi connectivity index (χ1) is 15.2. The van der Waals surface area contributed by atoms with Crippen LogP contribution in [0.25, 0.3) is 6.08 Å². The number of aryl methyl sites for hydroxylation is 3. The van der Waals surface area contributed by atoms with Gasteiger partial charge in [-0.05, 0) is 44.5 Å². The second-order valence-electron chi connectivity index (χ2n) is 6.93. The lowest BCUT2D eigenvalue weighted by Gasteiger charge is -2.18. The van der Waals surface area contributed by atoms with Gasteiger partial charge in [-0.1, -0.05) is 35.1 Å². The summed E-state index contributed by atoms with van der Waals surface area (Å²) in [6, 6.07) is 5.83. The molecule has 0 spiro atoms. The average Bonchev–Trinajstić information content (AvgIpc) is 3.25. The fraction of sp³-hybridized carbons (Fsp3) is 0.273. The molecule has 0 unspecified atom stereocenters. The number of amides is 1. The lowest BCUT2D eigenvalue weighted by Crippen LogP contribution is -2.28. The number of halogens is 2. The molecular weight excluding hydrogens is 455 g/mol. The minimum Gasteiger partial charge on any atom is -0.462 e. The van der Waals surface area contributed by atoms with Gasteiger partial charge in [-0.3, -0.25) is 14.4 Å². The van der Waals surface area contributed by atoms with Crippen molar-refractivity contribution >= 4 is 46.0 Å². The predicted octanol–water partition coefficient (Wildman–Crippen LogP) is 4.71. The van der Waals surface area contributed by atoms with Crippen LogP contribution in [-0.2, 0) is 23.1 Å². The maximum absolute atomic E-state index is 13.3. The first kappa shape index (κ1) is 23.6. The summed E-state index contributed by atoms with van der Waals surface area (Å²) in [5, 5.41) is 4.97. The lowest BCUT2D eigenvalue weighted by molar-refractivity contribution is -0.114. The van der Waals surface area contributed by atoms with E-state index in [0.717, 1.165) is 11.3 Å². The Bertz CT molecular complexity index is 1170. The number of thiazole rings is 1. The van der Waals surface area contributed by atoms with Gasteiger partial charge in [0.25, 0.3) is 5.91 Å². The third-order valence-electron chi connectivity index (χ3n) is 4.59. The molecular formula is C22H22ClFN4O3S. The number of esters is 1. The van der Waals surface area contributed by atoms with Crippen molar-refractivity contribution in [2.75, 3.05) is 11.5 Å². The van der Waals surface area contributed by atoms with Crippen molar-refractivity contribution in [2.24, 2.45) is 7.05 Å². The van der Waals surface area contributed by atoms with Gasteiger partial charge < -0.3 is 4.74 Å². The highest BCUT2D eigenvalue weighted by atomic mass is 35.5. The summed E-state index contributed by atoms with van der Waals surface area (Å²) in [6.07, 6.45) is 2.97. The van der Waals surface area contributed by atoms with Crippen molar-refractivity contribution in [3.8, 4) is 0 Å². The molecule has 168 valence electrons. The van der Waals surface area contributed by atoms with Crippen LogP contribution < -0.4 is 4.90 Å². The van der Waals surface area contributed by atoms with Crippen LogP contribution >= 0.6 is 22.9 Å². The first-order valence-corrected chi connectivity index (χ1v) is 11.0. The normalized spacial score (nSPS) is 11.2. The number of rotatable bonds is 7. The summed E-state index contributed by atoms with van der Waals surface area (Å²) in [4.78, 5) is 31.6. The van der Waals surface area contributed by atoms with Crippen molar-refractivity contribution < 1.29 is 18.7 Å². The number of aromatic nitrogens is 3.